The van der Waals surface area contributed by atoms with Crippen molar-refractivity contribution in [1.29, 1.82) is 5.26 Å². The summed E-state index contributed by atoms with van der Waals surface area (Å²) in [5, 5.41) is 17.9. The summed E-state index contributed by atoms with van der Waals surface area (Å²) in [7, 11) is 0. The van der Waals surface area contributed by atoms with Crippen molar-refractivity contribution >= 4 is 0 Å². The second-order valence-corrected chi connectivity index (χ2v) is 4.77. The van der Waals surface area contributed by atoms with E-state index in [2.05, 4.69) is 6.07 Å². The molecule has 0 aromatic carbocycles. The summed E-state index contributed by atoms with van der Waals surface area (Å²) in [6.45, 7) is 2.27. The smallest absolute Gasteiger partial charge is 0.0653 e. The minimum Gasteiger partial charge on any atom is -0.396 e. The van der Waals surface area contributed by atoms with Crippen molar-refractivity contribution in [2.75, 3.05) is 6.61 Å². The number of nitriles is 1. The molecule has 0 radical (unpaired) electrons. The van der Waals surface area contributed by atoms with E-state index in [0.717, 1.165) is 12.8 Å². The average Bonchev–Trinajstić information content (AvgIpc) is 2.19. The molecule has 1 aliphatic carbocycles. The van der Waals surface area contributed by atoms with Gasteiger partial charge in [0.2, 0.25) is 0 Å². The van der Waals surface area contributed by atoms with Gasteiger partial charge in [-0.05, 0) is 38.0 Å². The second-order valence-electron chi connectivity index (χ2n) is 4.77. The van der Waals surface area contributed by atoms with Gasteiger partial charge in [0.1, 0.15) is 0 Å². The van der Waals surface area contributed by atoms with E-state index in [0.29, 0.717) is 0 Å². The molecular formula is C12H21NO. The van der Waals surface area contributed by atoms with Gasteiger partial charge in [-0.2, -0.15) is 5.26 Å². The fourth-order valence-corrected chi connectivity index (χ4v) is 2.79. The number of rotatable bonds is 4. The van der Waals surface area contributed by atoms with Crippen LogP contribution in [0.3, 0.4) is 0 Å². The summed E-state index contributed by atoms with van der Waals surface area (Å²) in [6.07, 6.45) is 8.16. The van der Waals surface area contributed by atoms with Crippen molar-refractivity contribution in [2.24, 2.45) is 11.3 Å². The zero-order valence-corrected chi connectivity index (χ0v) is 9.13. The molecule has 2 heteroatoms. The van der Waals surface area contributed by atoms with Crippen molar-refractivity contribution < 1.29 is 5.11 Å². The predicted octanol–water partition coefficient (Wildman–Crippen LogP) is 2.87. The summed E-state index contributed by atoms with van der Waals surface area (Å²) in [5.41, 5.74) is 0.280. The lowest BCUT2D eigenvalue weighted by Gasteiger charge is -2.37. The van der Waals surface area contributed by atoms with Crippen molar-refractivity contribution in [1.82, 2.24) is 0 Å². The fraction of sp³-hybridized carbons (Fsp3) is 0.917. The summed E-state index contributed by atoms with van der Waals surface area (Å²) < 4.78 is 0. The van der Waals surface area contributed by atoms with Gasteiger partial charge in [-0.25, -0.2) is 0 Å². The highest BCUT2D eigenvalue weighted by Crippen LogP contribution is 2.43. The first kappa shape index (κ1) is 11.5. The SMILES string of the molecule is CC(C#N)CC1(CCO)CCCCC1. The topological polar surface area (TPSA) is 44.0 Å². The van der Waals surface area contributed by atoms with Crippen LogP contribution in [0.2, 0.25) is 0 Å². The Morgan fingerprint density at radius 1 is 1.36 bits per heavy atom. The molecule has 1 rings (SSSR count). The van der Waals surface area contributed by atoms with Gasteiger partial charge in [0.15, 0.2) is 0 Å². The molecule has 80 valence electrons. The summed E-state index contributed by atoms with van der Waals surface area (Å²) in [4.78, 5) is 0. The number of hydrogen-bond acceptors (Lipinski definition) is 2. The predicted molar refractivity (Wildman–Crippen MR) is 56.6 cm³/mol. The van der Waals surface area contributed by atoms with Crippen LogP contribution >= 0.6 is 0 Å². The van der Waals surface area contributed by atoms with Crippen LogP contribution < -0.4 is 0 Å². The molecule has 0 amide bonds. The molecule has 1 atom stereocenters. The van der Waals surface area contributed by atoms with Crippen molar-refractivity contribution in [2.45, 2.75) is 51.9 Å². The highest BCUT2D eigenvalue weighted by molar-refractivity contribution is 4.90. The molecule has 1 saturated carbocycles. The molecule has 0 heterocycles. The third kappa shape index (κ3) is 2.99. The number of aliphatic hydroxyl groups excluding tert-OH is 1. The van der Waals surface area contributed by atoms with E-state index in [4.69, 9.17) is 10.4 Å². The third-order valence-electron chi connectivity index (χ3n) is 3.52. The molecule has 0 spiro atoms. The van der Waals surface area contributed by atoms with Crippen LogP contribution in [-0.4, -0.2) is 11.7 Å². The Labute approximate surface area is 86.9 Å². The summed E-state index contributed by atoms with van der Waals surface area (Å²) in [6, 6.07) is 2.31. The minimum absolute atomic E-state index is 0.139. The maximum atomic E-state index is 9.09. The Bertz CT molecular complexity index is 195. The lowest BCUT2D eigenvalue weighted by atomic mass is 9.67. The van der Waals surface area contributed by atoms with Gasteiger partial charge in [-0.15, -0.1) is 0 Å². The first-order valence-corrected chi connectivity index (χ1v) is 5.73. The second kappa shape index (κ2) is 5.36. The molecule has 0 aromatic heterocycles. The Hall–Kier alpha value is -0.550. The molecule has 0 saturated heterocycles. The van der Waals surface area contributed by atoms with Gasteiger partial charge in [0.05, 0.1) is 6.07 Å². The fourth-order valence-electron chi connectivity index (χ4n) is 2.79. The molecule has 1 unspecified atom stereocenters. The monoisotopic (exact) mass is 195 g/mol. The van der Waals surface area contributed by atoms with Gasteiger partial charge in [0, 0.05) is 12.5 Å². The molecule has 0 bridgehead atoms. The van der Waals surface area contributed by atoms with Crippen LogP contribution in [0.1, 0.15) is 51.9 Å². The van der Waals surface area contributed by atoms with Gasteiger partial charge in [0.25, 0.3) is 0 Å². The molecule has 2 nitrogen and oxygen atoms in total. The number of nitrogens with zero attached hydrogens (tertiary/aromatic N) is 1. The zero-order valence-electron chi connectivity index (χ0n) is 9.13. The summed E-state index contributed by atoms with van der Waals surface area (Å²) in [5.74, 6) is 0.139. The lowest BCUT2D eigenvalue weighted by Crippen LogP contribution is -2.27. The third-order valence-corrected chi connectivity index (χ3v) is 3.52. The Morgan fingerprint density at radius 2 is 2.00 bits per heavy atom. The van der Waals surface area contributed by atoms with Crippen LogP contribution in [0.4, 0.5) is 0 Å². The van der Waals surface area contributed by atoms with Crippen molar-refractivity contribution in [3.63, 3.8) is 0 Å². The molecule has 1 aliphatic rings. The molecule has 1 fully saturated rings. The van der Waals surface area contributed by atoms with Crippen LogP contribution in [0.15, 0.2) is 0 Å². The van der Waals surface area contributed by atoms with Gasteiger partial charge in [-0.3, -0.25) is 0 Å². The van der Waals surface area contributed by atoms with E-state index in [1.165, 1.54) is 32.1 Å². The average molecular weight is 195 g/mol. The minimum atomic E-state index is 0.139. The zero-order chi connectivity index (χ0) is 10.4. The number of hydrogen-bond donors (Lipinski definition) is 1. The Morgan fingerprint density at radius 3 is 2.50 bits per heavy atom. The molecule has 14 heavy (non-hydrogen) atoms. The standard InChI is InChI=1S/C12H21NO/c1-11(10-13)9-12(7-8-14)5-3-2-4-6-12/h11,14H,2-9H2,1H3. The van der Waals surface area contributed by atoms with Crippen LogP contribution in [0.5, 0.6) is 0 Å². The first-order valence-electron chi connectivity index (χ1n) is 5.73. The maximum Gasteiger partial charge on any atom is 0.0653 e. The van der Waals surface area contributed by atoms with Gasteiger partial charge in [-0.1, -0.05) is 19.3 Å². The largest absolute Gasteiger partial charge is 0.396 e. The van der Waals surface area contributed by atoms with Gasteiger partial charge >= 0.3 is 0 Å². The first-order chi connectivity index (χ1) is 6.72. The lowest BCUT2D eigenvalue weighted by molar-refractivity contribution is 0.108. The van der Waals surface area contributed by atoms with Crippen LogP contribution in [0, 0.1) is 22.7 Å². The normalized spacial score (nSPS) is 22.6. The summed E-state index contributed by atoms with van der Waals surface area (Å²) >= 11 is 0. The molecular weight excluding hydrogens is 174 g/mol. The van der Waals surface area contributed by atoms with E-state index in [-0.39, 0.29) is 17.9 Å². The van der Waals surface area contributed by atoms with Crippen LogP contribution in [-0.2, 0) is 0 Å². The van der Waals surface area contributed by atoms with E-state index in [1.54, 1.807) is 0 Å². The van der Waals surface area contributed by atoms with Crippen LogP contribution in [0.25, 0.3) is 0 Å². The van der Waals surface area contributed by atoms with Gasteiger partial charge < -0.3 is 5.11 Å². The maximum absolute atomic E-state index is 9.09. The molecule has 0 aromatic rings. The highest BCUT2D eigenvalue weighted by atomic mass is 16.3. The van der Waals surface area contributed by atoms with Crippen molar-refractivity contribution in [3.05, 3.63) is 0 Å². The molecule has 0 aliphatic heterocycles. The van der Waals surface area contributed by atoms with E-state index < -0.39 is 0 Å². The Kier molecular flexibility index (Phi) is 4.41. The Balaban J connectivity index is 2.56. The quantitative estimate of drug-likeness (QED) is 0.749. The van der Waals surface area contributed by atoms with E-state index in [1.807, 2.05) is 6.92 Å². The van der Waals surface area contributed by atoms with E-state index in [9.17, 15) is 0 Å². The number of aliphatic hydroxyl groups is 1. The highest BCUT2D eigenvalue weighted by Gasteiger charge is 2.32. The molecule has 1 N–H and O–H groups in total. The van der Waals surface area contributed by atoms with E-state index >= 15 is 0 Å². The van der Waals surface area contributed by atoms with Crippen molar-refractivity contribution in [3.8, 4) is 6.07 Å².